The lowest BCUT2D eigenvalue weighted by Crippen LogP contribution is -2.20. The standard InChI is InChI=1S/C25H42N2O3/c1-21(2)14-12-10-8-6-4-3-5-7-9-11-13-19-27-23-17-15-22(16-18-23)25(29)30-20-24(26)28/h15-18,21,27H,3-14,19-20H2,1-2H3,(H2,26,28). The molecule has 0 unspecified atom stereocenters. The molecule has 1 amide bonds. The monoisotopic (exact) mass is 418 g/mol. The van der Waals surface area contributed by atoms with Crippen LogP contribution in [0.4, 0.5) is 5.69 Å². The average molecular weight is 419 g/mol. The maximum atomic E-state index is 11.7. The molecule has 170 valence electrons. The Hall–Kier alpha value is -2.04. The number of amides is 1. The van der Waals surface area contributed by atoms with E-state index in [4.69, 9.17) is 10.5 Å². The zero-order valence-electron chi connectivity index (χ0n) is 19.1. The first-order valence-corrected chi connectivity index (χ1v) is 11.8. The number of esters is 1. The minimum Gasteiger partial charge on any atom is -0.452 e. The minimum atomic E-state index is -0.658. The third-order valence-electron chi connectivity index (χ3n) is 5.25. The number of ether oxygens (including phenoxy) is 1. The van der Waals surface area contributed by atoms with E-state index in [9.17, 15) is 9.59 Å². The van der Waals surface area contributed by atoms with Crippen molar-refractivity contribution >= 4 is 17.6 Å². The van der Waals surface area contributed by atoms with E-state index >= 15 is 0 Å². The fraction of sp³-hybridized carbons (Fsp3) is 0.680. The summed E-state index contributed by atoms with van der Waals surface area (Å²) in [5.74, 6) is -0.340. The van der Waals surface area contributed by atoms with Crippen molar-refractivity contribution in [1.82, 2.24) is 0 Å². The van der Waals surface area contributed by atoms with E-state index in [2.05, 4.69) is 19.2 Å². The number of hydrogen-bond donors (Lipinski definition) is 2. The average Bonchev–Trinajstić information content (AvgIpc) is 2.72. The lowest BCUT2D eigenvalue weighted by atomic mass is 10.0. The first kappa shape index (κ1) is 26.0. The number of unbranched alkanes of at least 4 members (excludes halogenated alkanes) is 10. The van der Waals surface area contributed by atoms with Gasteiger partial charge in [0.1, 0.15) is 0 Å². The Morgan fingerprint density at radius 2 is 1.33 bits per heavy atom. The molecule has 0 aromatic heterocycles. The van der Waals surface area contributed by atoms with Crippen LogP contribution in [0.1, 0.15) is 101 Å². The van der Waals surface area contributed by atoms with Gasteiger partial charge in [-0.05, 0) is 36.6 Å². The summed E-state index contributed by atoms with van der Waals surface area (Å²) in [5, 5.41) is 3.38. The van der Waals surface area contributed by atoms with Gasteiger partial charge in [0.25, 0.3) is 5.91 Å². The van der Waals surface area contributed by atoms with Gasteiger partial charge in [0.05, 0.1) is 5.56 Å². The van der Waals surface area contributed by atoms with Crippen LogP contribution in [0.25, 0.3) is 0 Å². The third-order valence-corrected chi connectivity index (χ3v) is 5.25. The molecule has 5 heteroatoms. The second kappa shape index (κ2) is 16.7. The van der Waals surface area contributed by atoms with Crippen molar-refractivity contribution in [2.45, 2.75) is 90.9 Å². The van der Waals surface area contributed by atoms with Crippen LogP contribution in [-0.2, 0) is 9.53 Å². The van der Waals surface area contributed by atoms with Gasteiger partial charge < -0.3 is 15.8 Å². The fourth-order valence-corrected chi connectivity index (χ4v) is 3.45. The van der Waals surface area contributed by atoms with Gasteiger partial charge in [-0.2, -0.15) is 0 Å². The molecular weight excluding hydrogens is 376 g/mol. The number of anilines is 1. The smallest absolute Gasteiger partial charge is 0.338 e. The van der Waals surface area contributed by atoms with Gasteiger partial charge in [-0.3, -0.25) is 4.79 Å². The quantitative estimate of drug-likeness (QED) is 0.224. The number of rotatable bonds is 18. The molecule has 0 saturated heterocycles. The molecule has 0 aliphatic rings. The van der Waals surface area contributed by atoms with Crippen molar-refractivity contribution in [3.8, 4) is 0 Å². The van der Waals surface area contributed by atoms with Gasteiger partial charge in [0.15, 0.2) is 6.61 Å². The third kappa shape index (κ3) is 14.0. The highest BCUT2D eigenvalue weighted by Gasteiger charge is 2.08. The fourth-order valence-electron chi connectivity index (χ4n) is 3.45. The van der Waals surface area contributed by atoms with E-state index in [1.165, 1.54) is 70.6 Å². The Balaban J connectivity index is 1.94. The summed E-state index contributed by atoms with van der Waals surface area (Å²) >= 11 is 0. The summed E-state index contributed by atoms with van der Waals surface area (Å²) in [7, 11) is 0. The number of primary amides is 1. The molecule has 1 aromatic rings. The largest absolute Gasteiger partial charge is 0.452 e. The van der Waals surface area contributed by atoms with E-state index in [1.54, 1.807) is 12.1 Å². The van der Waals surface area contributed by atoms with Crippen molar-refractivity contribution in [3.63, 3.8) is 0 Å². The molecule has 0 atom stereocenters. The molecule has 1 aromatic carbocycles. The number of carbonyl (C=O) groups is 2. The lowest BCUT2D eigenvalue weighted by Gasteiger charge is -2.08. The topological polar surface area (TPSA) is 81.4 Å². The molecule has 3 N–H and O–H groups in total. The van der Waals surface area contributed by atoms with E-state index in [0.29, 0.717) is 5.56 Å². The molecule has 0 saturated carbocycles. The van der Waals surface area contributed by atoms with Crippen LogP contribution in [-0.4, -0.2) is 25.0 Å². The predicted octanol–water partition coefficient (Wildman–Crippen LogP) is 6.08. The molecule has 1 rings (SSSR count). The number of hydrogen-bond acceptors (Lipinski definition) is 4. The summed E-state index contributed by atoms with van der Waals surface area (Å²) in [6.07, 6.45) is 16.2. The summed E-state index contributed by atoms with van der Waals surface area (Å²) in [4.78, 5) is 22.4. The molecule has 30 heavy (non-hydrogen) atoms. The highest BCUT2D eigenvalue weighted by Crippen LogP contribution is 2.14. The van der Waals surface area contributed by atoms with E-state index in [1.807, 2.05) is 12.1 Å². The highest BCUT2D eigenvalue weighted by atomic mass is 16.5. The zero-order valence-corrected chi connectivity index (χ0v) is 19.1. The van der Waals surface area contributed by atoms with Crippen LogP contribution < -0.4 is 11.1 Å². The molecule has 0 spiro atoms. The summed E-state index contributed by atoms with van der Waals surface area (Å²) in [6, 6.07) is 7.08. The van der Waals surface area contributed by atoms with Gasteiger partial charge in [0.2, 0.25) is 0 Å². The van der Waals surface area contributed by atoms with Gasteiger partial charge in [0, 0.05) is 12.2 Å². The Morgan fingerprint density at radius 3 is 1.83 bits per heavy atom. The summed E-state index contributed by atoms with van der Waals surface area (Å²) < 4.78 is 4.79. The van der Waals surface area contributed by atoms with Crippen LogP contribution >= 0.6 is 0 Å². The SMILES string of the molecule is CC(C)CCCCCCCCCCCCCNc1ccc(C(=O)OCC(N)=O)cc1. The van der Waals surface area contributed by atoms with Gasteiger partial charge >= 0.3 is 5.97 Å². The maximum Gasteiger partial charge on any atom is 0.338 e. The normalized spacial score (nSPS) is 10.9. The number of nitrogens with two attached hydrogens (primary N) is 1. The van der Waals surface area contributed by atoms with Crippen LogP contribution in [0, 0.1) is 5.92 Å². The molecule has 0 radical (unpaired) electrons. The van der Waals surface area contributed by atoms with Gasteiger partial charge in [-0.15, -0.1) is 0 Å². The second-order valence-electron chi connectivity index (χ2n) is 8.62. The molecule has 0 heterocycles. The second-order valence-corrected chi connectivity index (χ2v) is 8.62. The number of benzene rings is 1. The maximum absolute atomic E-state index is 11.7. The van der Waals surface area contributed by atoms with Gasteiger partial charge in [-0.25, -0.2) is 4.79 Å². The molecule has 5 nitrogen and oxygen atoms in total. The first-order chi connectivity index (χ1) is 14.5. The Bertz CT molecular complexity index is 585. The van der Waals surface area contributed by atoms with Crippen molar-refractivity contribution in [3.05, 3.63) is 29.8 Å². The van der Waals surface area contributed by atoms with Crippen LogP contribution in [0.3, 0.4) is 0 Å². The van der Waals surface area contributed by atoms with Gasteiger partial charge in [-0.1, -0.05) is 84.5 Å². The molecule has 0 bridgehead atoms. The number of nitrogens with one attached hydrogen (secondary N) is 1. The Labute approximate surface area is 183 Å². The van der Waals surface area contributed by atoms with Crippen molar-refractivity contribution in [2.24, 2.45) is 11.7 Å². The molecular formula is C25H42N2O3. The Kier molecular flexibility index (Phi) is 14.5. The summed E-state index contributed by atoms with van der Waals surface area (Å²) in [6.45, 7) is 5.16. The Morgan fingerprint density at radius 1 is 0.833 bits per heavy atom. The van der Waals surface area contributed by atoms with Crippen LogP contribution in [0.5, 0.6) is 0 Å². The van der Waals surface area contributed by atoms with Crippen molar-refractivity contribution < 1.29 is 14.3 Å². The number of carbonyl (C=O) groups excluding carboxylic acids is 2. The van der Waals surface area contributed by atoms with Crippen LogP contribution in [0.15, 0.2) is 24.3 Å². The van der Waals surface area contributed by atoms with E-state index in [-0.39, 0.29) is 0 Å². The molecule has 0 fully saturated rings. The highest BCUT2D eigenvalue weighted by molar-refractivity contribution is 5.91. The van der Waals surface area contributed by atoms with Crippen molar-refractivity contribution in [1.29, 1.82) is 0 Å². The van der Waals surface area contributed by atoms with Crippen LogP contribution in [0.2, 0.25) is 0 Å². The van der Waals surface area contributed by atoms with Crippen molar-refractivity contribution in [2.75, 3.05) is 18.5 Å². The van der Waals surface area contributed by atoms with E-state index < -0.39 is 18.5 Å². The predicted molar refractivity (Wildman–Crippen MR) is 125 cm³/mol. The lowest BCUT2D eigenvalue weighted by molar-refractivity contribution is -0.121. The zero-order chi connectivity index (χ0) is 22.0. The summed E-state index contributed by atoms with van der Waals surface area (Å²) in [5.41, 5.74) is 6.36. The molecule has 0 aliphatic carbocycles. The van der Waals surface area contributed by atoms with E-state index in [0.717, 1.165) is 24.6 Å². The first-order valence-electron chi connectivity index (χ1n) is 11.8. The molecule has 0 aliphatic heterocycles. The minimum absolute atomic E-state index is 0.392.